The highest BCUT2D eigenvalue weighted by atomic mass is 19.4. The topological polar surface area (TPSA) is 21.3 Å². The van der Waals surface area contributed by atoms with Gasteiger partial charge in [0.25, 0.3) is 0 Å². The Morgan fingerprint density at radius 1 is 1.33 bits per heavy atom. The van der Waals surface area contributed by atoms with Crippen LogP contribution in [0.25, 0.3) is 0 Å². The van der Waals surface area contributed by atoms with Gasteiger partial charge in [-0.05, 0) is 25.7 Å². The molecule has 0 bridgehead atoms. The number of hydrogen-bond acceptors (Lipinski definition) is 2. The Bertz CT molecular complexity index is 178. The summed E-state index contributed by atoms with van der Waals surface area (Å²) in [7, 11) is 0. The van der Waals surface area contributed by atoms with E-state index in [1.807, 2.05) is 6.92 Å². The molecule has 2 nitrogen and oxygen atoms in total. The van der Waals surface area contributed by atoms with Crippen molar-refractivity contribution < 1.29 is 17.9 Å². The van der Waals surface area contributed by atoms with Crippen molar-refractivity contribution in [2.45, 2.75) is 45.0 Å². The predicted octanol–water partition coefficient (Wildman–Crippen LogP) is 2.69. The van der Waals surface area contributed by atoms with Gasteiger partial charge in [0.05, 0.1) is 6.61 Å². The summed E-state index contributed by atoms with van der Waals surface area (Å²) in [5.41, 5.74) is 0. The SMILES string of the molecule is C[C@@H](NCCOC(F)(F)F)C1CCCC1. The van der Waals surface area contributed by atoms with Crippen molar-refractivity contribution >= 4 is 0 Å². The number of halogens is 3. The highest BCUT2D eigenvalue weighted by Gasteiger charge is 2.28. The van der Waals surface area contributed by atoms with Crippen LogP contribution < -0.4 is 5.32 Å². The highest BCUT2D eigenvalue weighted by molar-refractivity contribution is 4.76. The first-order valence-corrected chi connectivity index (χ1v) is 5.43. The molecule has 0 radical (unpaired) electrons. The average Bonchev–Trinajstić information content (AvgIpc) is 2.63. The molecule has 1 atom stereocenters. The molecule has 0 aromatic rings. The fraction of sp³-hybridized carbons (Fsp3) is 1.00. The second-order valence-electron chi connectivity index (χ2n) is 4.08. The first-order valence-electron chi connectivity index (χ1n) is 5.43. The third kappa shape index (κ3) is 5.37. The first-order chi connectivity index (χ1) is 6.99. The number of nitrogens with one attached hydrogen (secondary N) is 1. The van der Waals surface area contributed by atoms with E-state index in [0.717, 1.165) is 0 Å². The lowest BCUT2D eigenvalue weighted by atomic mass is 10.00. The van der Waals surface area contributed by atoms with Gasteiger partial charge in [-0.3, -0.25) is 4.74 Å². The molecule has 1 fully saturated rings. The van der Waals surface area contributed by atoms with Crippen LogP contribution in [0.15, 0.2) is 0 Å². The van der Waals surface area contributed by atoms with E-state index in [-0.39, 0.29) is 13.2 Å². The summed E-state index contributed by atoms with van der Waals surface area (Å²) >= 11 is 0. The van der Waals surface area contributed by atoms with Crippen LogP contribution in [0.2, 0.25) is 0 Å². The molecule has 0 amide bonds. The van der Waals surface area contributed by atoms with E-state index in [4.69, 9.17) is 0 Å². The average molecular weight is 225 g/mol. The number of ether oxygens (including phenoxy) is 1. The molecule has 0 heterocycles. The second-order valence-corrected chi connectivity index (χ2v) is 4.08. The number of alkyl halides is 3. The second kappa shape index (κ2) is 5.70. The normalized spacial score (nSPS) is 20.8. The molecular formula is C10H18F3NO. The number of rotatable bonds is 5. The fourth-order valence-electron chi connectivity index (χ4n) is 2.08. The monoisotopic (exact) mass is 225 g/mol. The van der Waals surface area contributed by atoms with E-state index in [1.165, 1.54) is 25.7 Å². The maximum absolute atomic E-state index is 11.6. The van der Waals surface area contributed by atoms with Gasteiger partial charge in [-0.2, -0.15) is 0 Å². The summed E-state index contributed by atoms with van der Waals surface area (Å²) in [6.07, 6.45) is 0.367. The van der Waals surface area contributed by atoms with Crippen LogP contribution in [0.1, 0.15) is 32.6 Å². The molecule has 90 valence electrons. The molecule has 0 unspecified atom stereocenters. The van der Waals surface area contributed by atoms with Crippen LogP contribution in [-0.2, 0) is 4.74 Å². The zero-order chi connectivity index (χ0) is 11.3. The minimum atomic E-state index is -4.50. The van der Waals surface area contributed by atoms with Gasteiger partial charge in [-0.25, -0.2) is 0 Å². The van der Waals surface area contributed by atoms with Crippen LogP contribution in [-0.4, -0.2) is 25.6 Å². The van der Waals surface area contributed by atoms with Gasteiger partial charge in [0.2, 0.25) is 0 Å². The molecule has 0 aromatic heterocycles. The van der Waals surface area contributed by atoms with E-state index >= 15 is 0 Å². The van der Waals surface area contributed by atoms with Gasteiger partial charge in [-0.1, -0.05) is 12.8 Å². The molecule has 0 aromatic carbocycles. The van der Waals surface area contributed by atoms with E-state index in [2.05, 4.69) is 10.1 Å². The van der Waals surface area contributed by atoms with Gasteiger partial charge >= 0.3 is 6.36 Å². The molecular weight excluding hydrogens is 207 g/mol. The molecule has 1 aliphatic rings. The Morgan fingerprint density at radius 2 is 1.93 bits per heavy atom. The highest BCUT2D eigenvalue weighted by Crippen LogP contribution is 2.27. The van der Waals surface area contributed by atoms with Gasteiger partial charge in [0.15, 0.2) is 0 Å². The van der Waals surface area contributed by atoms with Crippen LogP contribution in [0.3, 0.4) is 0 Å². The Labute approximate surface area is 88.2 Å². The zero-order valence-electron chi connectivity index (χ0n) is 8.94. The van der Waals surface area contributed by atoms with Gasteiger partial charge < -0.3 is 5.32 Å². The minimum Gasteiger partial charge on any atom is -0.312 e. The summed E-state index contributed by atoms with van der Waals surface area (Å²) < 4.78 is 38.6. The Kier molecular flexibility index (Phi) is 4.86. The minimum absolute atomic E-state index is 0.261. The van der Waals surface area contributed by atoms with Gasteiger partial charge in [0.1, 0.15) is 0 Å². The molecule has 1 aliphatic carbocycles. The zero-order valence-corrected chi connectivity index (χ0v) is 8.94. The van der Waals surface area contributed by atoms with Gasteiger partial charge in [-0.15, -0.1) is 13.2 Å². The van der Waals surface area contributed by atoms with Crippen molar-refractivity contribution in [3.63, 3.8) is 0 Å². The summed E-state index contributed by atoms with van der Waals surface area (Å²) in [6.45, 7) is 1.99. The van der Waals surface area contributed by atoms with Crippen LogP contribution in [0.4, 0.5) is 13.2 Å². The van der Waals surface area contributed by atoms with E-state index in [1.54, 1.807) is 0 Å². The quantitative estimate of drug-likeness (QED) is 0.726. The predicted molar refractivity (Wildman–Crippen MR) is 51.4 cm³/mol. The van der Waals surface area contributed by atoms with Crippen molar-refractivity contribution in [2.75, 3.05) is 13.2 Å². The van der Waals surface area contributed by atoms with Crippen molar-refractivity contribution in [3.05, 3.63) is 0 Å². The molecule has 0 saturated heterocycles. The van der Waals surface area contributed by atoms with Crippen molar-refractivity contribution in [3.8, 4) is 0 Å². The Hall–Kier alpha value is -0.290. The smallest absolute Gasteiger partial charge is 0.312 e. The summed E-state index contributed by atoms with van der Waals surface area (Å²) in [6, 6.07) is 0.296. The number of hydrogen-bond donors (Lipinski definition) is 1. The molecule has 5 heteroatoms. The van der Waals surface area contributed by atoms with Crippen LogP contribution in [0, 0.1) is 5.92 Å². The van der Waals surface area contributed by atoms with Crippen molar-refractivity contribution in [1.82, 2.24) is 5.32 Å². The third-order valence-corrected chi connectivity index (χ3v) is 2.94. The van der Waals surface area contributed by atoms with E-state index in [9.17, 15) is 13.2 Å². The van der Waals surface area contributed by atoms with Crippen molar-refractivity contribution in [1.29, 1.82) is 0 Å². The molecule has 0 spiro atoms. The lowest BCUT2D eigenvalue weighted by molar-refractivity contribution is -0.323. The molecule has 15 heavy (non-hydrogen) atoms. The summed E-state index contributed by atoms with van der Waals surface area (Å²) in [5.74, 6) is 0.621. The fourth-order valence-corrected chi connectivity index (χ4v) is 2.08. The molecule has 1 N–H and O–H groups in total. The standard InChI is InChI=1S/C10H18F3NO/c1-8(9-4-2-3-5-9)14-6-7-15-10(11,12)13/h8-9,14H,2-7H2,1H3/t8-/m1/s1. The van der Waals surface area contributed by atoms with Crippen molar-refractivity contribution in [2.24, 2.45) is 5.92 Å². The Balaban J connectivity index is 2.04. The van der Waals surface area contributed by atoms with Crippen LogP contribution in [0.5, 0.6) is 0 Å². The van der Waals surface area contributed by atoms with Gasteiger partial charge in [0, 0.05) is 12.6 Å². The maximum Gasteiger partial charge on any atom is 0.522 e. The largest absolute Gasteiger partial charge is 0.522 e. The maximum atomic E-state index is 11.6. The molecule has 1 rings (SSSR count). The lowest BCUT2D eigenvalue weighted by Gasteiger charge is -2.20. The van der Waals surface area contributed by atoms with Crippen LogP contribution >= 0.6 is 0 Å². The molecule has 0 aliphatic heterocycles. The first kappa shape index (κ1) is 12.8. The third-order valence-electron chi connectivity index (χ3n) is 2.94. The molecule has 1 saturated carbocycles. The summed E-state index contributed by atoms with van der Waals surface area (Å²) in [4.78, 5) is 0. The summed E-state index contributed by atoms with van der Waals surface area (Å²) in [5, 5.41) is 3.07. The lowest BCUT2D eigenvalue weighted by Crippen LogP contribution is -2.35. The Morgan fingerprint density at radius 3 is 2.47 bits per heavy atom. The van der Waals surface area contributed by atoms with E-state index in [0.29, 0.717) is 12.0 Å². The van der Waals surface area contributed by atoms with E-state index < -0.39 is 6.36 Å².